The van der Waals surface area contributed by atoms with Gasteiger partial charge in [0.2, 0.25) is 5.91 Å². The van der Waals surface area contributed by atoms with Crippen LogP contribution >= 0.6 is 0 Å². The Morgan fingerprint density at radius 3 is 2.26 bits per heavy atom. The highest BCUT2D eigenvalue weighted by atomic mass is 16.5. The molecule has 0 aliphatic heterocycles. The Balaban J connectivity index is 2.20. The fourth-order valence-electron chi connectivity index (χ4n) is 4.61. The molecule has 0 saturated carbocycles. The molecule has 3 N–H and O–H groups in total. The lowest BCUT2D eigenvalue weighted by atomic mass is 9.70. The zero-order valence-electron chi connectivity index (χ0n) is 21.2. The normalized spacial score (nSPS) is 20.0. The van der Waals surface area contributed by atoms with Crippen molar-refractivity contribution in [2.75, 3.05) is 6.61 Å². The quantitative estimate of drug-likeness (QED) is 0.294. The van der Waals surface area contributed by atoms with E-state index >= 15 is 0 Å². The van der Waals surface area contributed by atoms with Gasteiger partial charge in [0, 0.05) is 0 Å². The topological polar surface area (TPSA) is 81.4 Å². The number of rotatable bonds is 13. The third-order valence-electron chi connectivity index (χ3n) is 6.95. The van der Waals surface area contributed by atoms with Gasteiger partial charge >= 0.3 is 5.97 Å². The molecule has 0 heterocycles. The first-order valence-electron chi connectivity index (χ1n) is 12.4. The highest BCUT2D eigenvalue weighted by Crippen LogP contribution is 2.42. The van der Waals surface area contributed by atoms with Crippen molar-refractivity contribution in [2.45, 2.75) is 118 Å². The maximum Gasteiger partial charge on any atom is 0.328 e. The minimum Gasteiger partial charge on any atom is -0.464 e. The Kier molecular flexibility index (Phi) is 11.8. The van der Waals surface area contributed by atoms with Crippen molar-refractivity contribution in [3.05, 3.63) is 11.1 Å². The summed E-state index contributed by atoms with van der Waals surface area (Å²) in [5, 5.41) is 2.57. The zero-order chi connectivity index (χ0) is 23.6. The number of hydrogen-bond acceptors (Lipinski definition) is 4. The summed E-state index contributed by atoms with van der Waals surface area (Å²) in [5.74, 6) is 0.532. The van der Waals surface area contributed by atoms with E-state index in [0.717, 1.165) is 18.8 Å². The van der Waals surface area contributed by atoms with E-state index in [1.54, 1.807) is 25.0 Å². The first kappa shape index (κ1) is 27.7. The van der Waals surface area contributed by atoms with Crippen LogP contribution in [0, 0.1) is 17.3 Å². The molecule has 31 heavy (non-hydrogen) atoms. The number of amides is 1. The molecule has 5 nitrogen and oxygen atoms in total. The van der Waals surface area contributed by atoms with Crippen molar-refractivity contribution in [1.82, 2.24) is 5.32 Å². The molecule has 180 valence electrons. The average molecular weight is 437 g/mol. The fourth-order valence-corrected chi connectivity index (χ4v) is 4.61. The molecule has 1 amide bonds. The molecular formula is C26H48N2O3. The summed E-state index contributed by atoms with van der Waals surface area (Å²) < 4.78 is 5.32. The lowest BCUT2D eigenvalue weighted by molar-refractivity contribution is -0.147. The Hall–Kier alpha value is -1.36. The lowest BCUT2D eigenvalue weighted by Gasteiger charge is -2.35. The van der Waals surface area contributed by atoms with Gasteiger partial charge in [-0.3, -0.25) is 4.79 Å². The first-order valence-corrected chi connectivity index (χ1v) is 12.4. The van der Waals surface area contributed by atoms with E-state index in [1.165, 1.54) is 44.9 Å². The molecule has 4 unspecified atom stereocenters. The standard InChI is InChI=1S/C26H48N2O3/c1-18(13-14-23-20(3)12-9-16-26(23,6)7)10-8-11-19(2)15-17-31-25(30)22(5)28-24(29)21(4)27/h18-19,21-22H,8-17,27H2,1-7H3,(H,28,29). The minimum atomic E-state index is -0.664. The van der Waals surface area contributed by atoms with Crippen LogP contribution in [0.1, 0.15) is 106 Å². The zero-order valence-corrected chi connectivity index (χ0v) is 21.2. The summed E-state index contributed by atoms with van der Waals surface area (Å²) in [6.45, 7) is 15.4. The SMILES string of the molecule is CC1=C(CCC(C)CCCC(C)CCOC(=O)C(C)NC(=O)C(C)N)C(C)(C)CCC1. The number of ether oxygens (including phenoxy) is 1. The molecule has 0 fully saturated rings. The van der Waals surface area contributed by atoms with E-state index < -0.39 is 18.1 Å². The number of carbonyl (C=O) groups excluding carboxylic acids is 2. The average Bonchev–Trinajstić information content (AvgIpc) is 2.66. The van der Waals surface area contributed by atoms with E-state index in [1.807, 2.05) is 0 Å². The number of carbonyl (C=O) groups is 2. The molecule has 5 heteroatoms. The highest BCUT2D eigenvalue weighted by Gasteiger charge is 2.28. The molecule has 0 aromatic rings. The van der Waals surface area contributed by atoms with Crippen molar-refractivity contribution >= 4 is 11.9 Å². The van der Waals surface area contributed by atoms with Crippen LogP contribution in [0.25, 0.3) is 0 Å². The smallest absolute Gasteiger partial charge is 0.328 e. The van der Waals surface area contributed by atoms with Crippen LogP contribution < -0.4 is 11.1 Å². The van der Waals surface area contributed by atoms with Gasteiger partial charge in [-0.1, -0.05) is 58.1 Å². The summed E-state index contributed by atoms with van der Waals surface area (Å²) in [7, 11) is 0. The van der Waals surface area contributed by atoms with Gasteiger partial charge in [-0.2, -0.15) is 0 Å². The highest BCUT2D eigenvalue weighted by molar-refractivity contribution is 5.86. The summed E-state index contributed by atoms with van der Waals surface area (Å²) in [4.78, 5) is 23.5. The molecule has 1 rings (SSSR count). The van der Waals surface area contributed by atoms with Crippen molar-refractivity contribution in [3.63, 3.8) is 0 Å². The Morgan fingerprint density at radius 2 is 1.68 bits per heavy atom. The second-order valence-corrected chi connectivity index (χ2v) is 10.7. The van der Waals surface area contributed by atoms with Crippen molar-refractivity contribution < 1.29 is 14.3 Å². The van der Waals surface area contributed by atoms with E-state index in [-0.39, 0.29) is 5.91 Å². The monoisotopic (exact) mass is 436 g/mol. The maximum absolute atomic E-state index is 12.0. The number of allylic oxidation sites excluding steroid dienone is 2. The summed E-state index contributed by atoms with van der Waals surface area (Å²) in [5.41, 5.74) is 9.24. The van der Waals surface area contributed by atoms with Crippen molar-refractivity contribution in [3.8, 4) is 0 Å². The van der Waals surface area contributed by atoms with E-state index in [0.29, 0.717) is 17.9 Å². The molecule has 0 bridgehead atoms. The third kappa shape index (κ3) is 10.2. The first-order chi connectivity index (χ1) is 14.4. The van der Waals surface area contributed by atoms with Gasteiger partial charge in [0.25, 0.3) is 0 Å². The molecule has 1 aliphatic carbocycles. The molecular weight excluding hydrogens is 388 g/mol. The van der Waals surface area contributed by atoms with Crippen molar-refractivity contribution in [2.24, 2.45) is 23.0 Å². The van der Waals surface area contributed by atoms with E-state index in [9.17, 15) is 9.59 Å². The maximum atomic E-state index is 12.0. The number of nitrogens with two attached hydrogens (primary N) is 1. The van der Waals surface area contributed by atoms with Crippen LogP contribution in [-0.4, -0.2) is 30.6 Å². The summed E-state index contributed by atoms with van der Waals surface area (Å²) in [6, 6.07) is -1.30. The second kappa shape index (κ2) is 13.2. The second-order valence-electron chi connectivity index (χ2n) is 10.7. The molecule has 0 aromatic carbocycles. The predicted molar refractivity (Wildman–Crippen MR) is 129 cm³/mol. The van der Waals surface area contributed by atoms with Gasteiger partial charge in [-0.05, 0) is 76.5 Å². The number of esters is 1. The van der Waals surface area contributed by atoms with Gasteiger partial charge in [0.05, 0.1) is 12.6 Å². The third-order valence-corrected chi connectivity index (χ3v) is 6.95. The Labute approximate surface area is 190 Å². The van der Waals surface area contributed by atoms with Crippen LogP contribution in [-0.2, 0) is 14.3 Å². The fraction of sp³-hybridized carbons (Fsp3) is 0.846. The van der Waals surface area contributed by atoms with Gasteiger partial charge in [-0.15, -0.1) is 0 Å². The van der Waals surface area contributed by atoms with Crippen LogP contribution in [0.15, 0.2) is 11.1 Å². The Bertz CT molecular complexity index is 610. The van der Waals surface area contributed by atoms with Crippen LogP contribution in [0.2, 0.25) is 0 Å². The van der Waals surface area contributed by atoms with Crippen LogP contribution in [0.4, 0.5) is 0 Å². The summed E-state index contributed by atoms with van der Waals surface area (Å²) >= 11 is 0. The van der Waals surface area contributed by atoms with Gasteiger partial charge in [0.15, 0.2) is 0 Å². The molecule has 0 radical (unpaired) electrons. The van der Waals surface area contributed by atoms with Crippen LogP contribution in [0.3, 0.4) is 0 Å². The Morgan fingerprint density at radius 1 is 1.06 bits per heavy atom. The minimum absolute atomic E-state index is 0.342. The molecule has 1 aliphatic rings. The van der Waals surface area contributed by atoms with Crippen LogP contribution in [0.5, 0.6) is 0 Å². The number of hydrogen-bond donors (Lipinski definition) is 2. The van der Waals surface area contributed by atoms with Gasteiger partial charge in [0.1, 0.15) is 6.04 Å². The van der Waals surface area contributed by atoms with Crippen molar-refractivity contribution in [1.29, 1.82) is 0 Å². The molecule has 0 spiro atoms. The van der Waals surface area contributed by atoms with Gasteiger partial charge in [-0.25, -0.2) is 4.79 Å². The summed E-state index contributed by atoms with van der Waals surface area (Å²) in [6.07, 6.45) is 11.0. The predicted octanol–water partition coefficient (Wildman–Crippen LogP) is 5.52. The molecule has 4 atom stereocenters. The van der Waals surface area contributed by atoms with E-state index in [2.05, 4.69) is 39.9 Å². The molecule has 0 aromatic heterocycles. The molecule has 0 saturated heterocycles. The van der Waals surface area contributed by atoms with E-state index in [4.69, 9.17) is 10.5 Å². The number of nitrogens with one attached hydrogen (secondary N) is 1. The van der Waals surface area contributed by atoms with Gasteiger partial charge < -0.3 is 15.8 Å². The lowest BCUT2D eigenvalue weighted by Crippen LogP contribution is -2.46. The largest absolute Gasteiger partial charge is 0.464 e.